The highest BCUT2D eigenvalue weighted by atomic mass is 16.6. The van der Waals surface area contributed by atoms with E-state index in [2.05, 4.69) is 36.4 Å². The van der Waals surface area contributed by atoms with Gasteiger partial charge in [-0.25, -0.2) is 0 Å². The molecule has 0 saturated carbocycles. The molecule has 2 fully saturated rings. The van der Waals surface area contributed by atoms with Gasteiger partial charge in [0.15, 0.2) is 5.78 Å². The van der Waals surface area contributed by atoms with Crippen molar-refractivity contribution >= 4 is 11.8 Å². The van der Waals surface area contributed by atoms with Crippen molar-refractivity contribution in [2.45, 2.75) is 69.4 Å². The van der Waals surface area contributed by atoms with Crippen LogP contribution in [-0.2, 0) is 29.4 Å². The van der Waals surface area contributed by atoms with Gasteiger partial charge in [0.25, 0.3) is 0 Å². The van der Waals surface area contributed by atoms with Crippen molar-refractivity contribution in [1.29, 1.82) is 0 Å². The van der Waals surface area contributed by atoms with E-state index in [1.165, 1.54) is 0 Å². The average Bonchev–Trinajstić information content (AvgIpc) is 3.48. The van der Waals surface area contributed by atoms with Crippen molar-refractivity contribution in [2.75, 3.05) is 6.61 Å². The molecule has 0 radical (unpaired) electrons. The monoisotopic (exact) mass is 512 g/mol. The van der Waals surface area contributed by atoms with Crippen molar-refractivity contribution < 1.29 is 23.8 Å². The van der Waals surface area contributed by atoms with E-state index in [9.17, 15) is 9.59 Å². The molecule has 2 aliphatic rings. The van der Waals surface area contributed by atoms with Gasteiger partial charge in [0.1, 0.15) is 17.8 Å². The van der Waals surface area contributed by atoms with E-state index in [0.717, 1.165) is 36.0 Å². The third kappa shape index (κ3) is 5.74. The zero-order valence-corrected chi connectivity index (χ0v) is 22.0. The van der Waals surface area contributed by atoms with Gasteiger partial charge >= 0.3 is 5.97 Å². The van der Waals surface area contributed by atoms with Gasteiger partial charge in [-0.1, -0.05) is 97.9 Å². The van der Waals surface area contributed by atoms with Gasteiger partial charge in [0.05, 0.1) is 12.0 Å². The van der Waals surface area contributed by atoms with E-state index in [0.29, 0.717) is 25.9 Å². The van der Waals surface area contributed by atoms with Crippen molar-refractivity contribution in [3.8, 4) is 0 Å². The molecule has 3 aromatic carbocycles. The maximum atomic E-state index is 12.6. The van der Waals surface area contributed by atoms with Crippen LogP contribution >= 0.6 is 0 Å². The molecule has 2 saturated heterocycles. The predicted octanol–water partition coefficient (Wildman–Crippen LogP) is 6.23. The van der Waals surface area contributed by atoms with Gasteiger partial charge < -0.3 is 14.2 Å². The zero-order valence-electron chi connectivity index (χ0n) is 22.0. The van der Waals surface area contributed by atoms with E-state index >= 15 is 0 Å². The van der Waals surface area contributed by atoms with Gasteiger partial charge in [-0.15, -0.1) is 0 Å². The van der Waals surface area contributed by atoms with Crippen molar-refractivity contribution in [2.24, 2.45) is 5.92 Å². The predicted molar refractivity (Wildman–Crippen MR) is 146 cm³/mol. The smallest absolute Gasteiger partial charge is 0.309 e. The topological polar surface area (TPSA) is 61.8 Å². The van der Waals surface area contributed by atoms with Gasteiger partial charge in [-0.05, 0) is 48.8 Å². The van der Waals surface area contributed by atoms with Crippen molar-refractivity contribution in [3.63, 3.8) is 0 Å². The fourth-order valence-corrected chi connectivity index (χ4v) is 5.75. The number of carbonyl (C=O) groups is 2. The Balaban J connectivity index is 1.23. The molecule has 5 rings (SSSR count). The summed E-state index contributed by atoms with van der Waals surface area (Å²) in [5.74, 6) is -0.0349. The van der Waals surface area contributed by atoms with Gasteiger partial charge in [-0.3, -0.25) is 9.59 Å². The first-order valence-electron chi connectivity index (χ1n) is 13.8. The molecule has 3 aromatic rings. The third-order valence-corrected chi connectivity index (χ3v) is 7.73. The SMILES string of the molecule is C[C@@H]1CC(CC[C@@H]2O[C@@H](CCCOC(c3ccccc3)(c3ccccc3)c3ccccc3)CC2=O)OC1=O. The van der Waals surface area contributed by atoms with Crippen LogP contribution in [0.3, 0.4) is 0 Å². The highest BCUT2D eigenvalue weighted by Crippen LogP contribution is 2.40. The Kier molecular flexibility index (Phi) is 8.35. The number of carbonyl (C=O) groups excluding carboxylic acids is 2. The number of Topliss-reactive ketones (excluding diaryl/α,β-unsaturated/α-hetero) is 1. The van der Waals surface area contributed by atoms with E-state index in [4.69, 9.17) is 14.2 Å². The number of benzene rings is 3. The standard InChI is InChI=1S/C33H36O5/c1-24-22-29(38-32(24)35)19-20-31-30(34)23-28(37-31)18-11-21-36-33(25-12-5-2-6-13-25,26-14-7-3-8-15-26)27-16-9-4-10-17-27/h2-10,12-17,24,28-29,31H,11,18-23H2,1H3/t24-,28+,29?,31+/m1/s1. The Morgan fingerprint density at radius 3 is 1.82 bits per heavy atom. The number of ether oxygens (including phenoxy) is 3. The molecule has 5 heteroatoms. The maximum absolute atomic E-state index is 12.6. The molecule has 0 aromatic heterocycles. The molecule has 1 unspecified atom stereocenters. The minimum Gasteiger partial charge on any atom is -0.462 e. The van der Waals surface area contributed by atoms with Gasteiger partial charge in [0, 0.05) is 13.0 Å². The lowest BCUT2D eigenvalue weighted by Crippen LogP contribution is -2.33. The molecule has 0 N–H and O–H groups in total. The van der Waals surface area contributed by atoms with Crippen LogP contribution in [0.15, 0.2) is 91.0 Å². The molecule has 0 spiro atoms. The summed E-state index contributed by atoms with van der Waals surface area (Å²) in [5.41, 5.74) is 2.49. The third-order valence-electron chi connectivity index (χ3n) is 7.73. The summed E-state index contributed by atoms with van der Waals surface area (Å²) in [5, 5.41) is 0. The van der Waals surface area contributed by atoms with Gasteiger partial charge in [0.2, 0.25) is 0 Å². The lowest BCUT2D eigenvalue weighted by atomic mass is 9.80. The van der Waals surface area contributed by atoms with E-state index in [1.54, 1.807) is 0 Å². The second-order valence-corrected chi connectivity index (χ2v) is 10.5. The van der Waals surface area contributed by atoms with Crippen LogP contribution in [0.25, 0.3) is 0 Å². The van der Waals surface area contributed by atoms with Crippen molar-refractivity contribution in [1.82, 2.24) is 0 Å². The normalized spacial score (nSPS) is 23.5. The summed E-state index contributed by atoms with van der Waals surface area (Å²) in [6.07, 6.45) is 3.39. The van der Waals surface area contributed by atoms with Crippen LogP contribution in [0, 0.1) is 5.92 Å². The van der Waals surface area contributed by atoms with Crippen LogP contribution < -0.4 is 0 Å². The second kappa shape index (κ2) is 12.1. The molecule has 2 aliphatic heterocycles. The molecule has 198 valence electrons. The van der Waals surface area contributed by atoms with Crippen LogP contribution in [0.4, 0.5) is 0 Å². The average molecular weight is 513 g/mol. The summed E-state index contributed by atoms with van der Waals surface area (Å²) in [6.45, 7) is 2.41. The number of ketones is 1. The number of esters is 1. The van der Waals surface area contributed by atoms with Gasteiger partial charge in [-0.2, -0.15) is 0 Å². The largest absolute Gasteiger partial charge is 0.462 e. The Morgan fingerprint density at radius 1 is 0.763 bits per heavy atom. The summed E-state index contributed by atoms with van der Waals surface area (Å²) >= 11 is 0. The first kappa shape index (κ1) is 26.3. The molecule has 5 nitrogen and oxygen atoms in total. The zero-order chi connectivity index (χ0) is 26.4. The number of hydrogen-bond donors (Lipinski definition) is 0. The molecular formula is C33H36O5. The van der Waals surface area contributed by atoms with Crippen LogP contribution in [0.5, 0.6) is 0 Å². The molecule has 0 amide bonds. The Bertz CT molecular complexity index is 1100. The van der Waals surface area contributed by atoms with Crippen LogP contribution in [-0.4, -0.2) is 36.7 Å². The van der Waals surface area contributed by atoms with Crippen LogP contribution in [0.2, 0.25) is 0 Å². The first-order chi connectivity index (χ1) is 18.6. The summed E-state index contributed by atoms with van der Waals surface area (Å²) in [6, 6.07) is 31.0. The molecular weight excluding hydrogens is 476 g/mol. The number of cyclic esters (lactones) is 1. The Morgan fingerprint density at radius 2 is 1.32 bits per heavy atom. The highest BCUT2D eigenvalue weighted by Gasteiger charge is 2.38. The van der Waals surface area contributed by atoms with E-state index in [-0.39, 0.29) is 29.9 Å². The fourth-order valence-electron chi connectivity index (χ4n) is 5.75. The van der Waals surface area contributed by atoms with E-state index < -0.39 is 11.7 Å². The maximum Gasteiger partial charge on any atom is 0.309 e. The lowest BCUT2D eigenvalue weighted by molar-refractivity contribution is -0.144. The molecule has 0 bridgehead atoms. The van der Waals surface area contributed by atoms with Crippen LogP contribution in [0.1, 0.15) is 62.1 Å². The first-order valence-corrected chi connectivity index (χ1v) is 13.8. The molecule has 38 heavy (non-hydrogen) atoms. The molecule has 2 heterocycles. The highest BCUT2D eigenvalue weighted by molar-refractivity contribution is 5.85. The molecule has 0 aliphatic carbocycles. The minimum absolute atomic E-state index is 0.0530. The summed E-state index contributed by atoms with van der Waals surface area (Å²) < 4.78 is 18.4. The minimum atomic E-state index is -0.742. The Hall–Kier alpha value is -3.28. The summed E-state index contributed by atoms with van der Waals surface area (Å²) in [4.78, 5) is 24.3. The molecule has 4 atom stereocenters. The van der Waals surface area contributed by atoms with E-state index in [1.807, 2.05) is 61.5 Å². The second-order valence-electron chi connectivity index (χ2n) is 10.5. The lowest BCUT2D eigenvalue weighted by Gasteiger charge is -2.36. The number of rotatable bonds is 11. The Labute approximate surface area is 225 Å². The fraction of sp³-hybridized carbons (Fsp3) is 0.394. The quantitative estimate of drug-likeness (QED) is 0.173. The van der Waals surface area contributed by atoms with Crippen molar-refractivity contribution in [3.05, 3.63) is 108 Å². The number of hydrogen-bond acceptors (Lipinski definition) is 5. The summed E-state index contributed by atoms with van der Waals surface area (Å²) in [7, 11) is 0.